The number of hydrogen-bond acceptors (Lipinski definition) is 3. The van der Waals surface area contributed by atoms with E-state index in [2.05, 4.69) is 5.32 Å². The highest BCUT2D eigenvalue weighted by Crippen LogP contribution is 2.19. The minimum atomic E-state index is -0.425. The summed E-state index contributed by atoms with van der Waals surface area (Å²) in [5.74, 6) is -0.425. The van der Waals surface area contributed by atoms with Gasteiger partial charge < -0.3 is 5.32 Å². The molecule has 4 nitrogen and oxygen atoms in total. The molecule has 110 valence electrons. The van der Waals surface area contributed by atoms with Crippen molar-refractivity contribution in [1.82, 2.24) is 5.32 Å². The molecule has 1 N–H and O–H groups in total. The fraction of sp³-hybridized carbons (Fsp3) is 0.200. The molecule has 0 aliphatic carbocycles. The van der Waals surface area contributed by atoms with E-state index in [1.54, 1.807) is 24.3 Å². The molecule has 21 heavy (non-hydrogen) atoms. The molecule has 0 saturated carbocycles. The largest absolute Gasteiger partial charge is 0.312 e. The summed E-state index contributed by atoms with van der Waals surface area (Å²) in [5.41, 5.74) is 1.79. The van der Waals surface area contributed by atoms with Crippen molar-refractivity contribution in [3.8, 4) is 0 Å². The normalized spacial score (nSPS) is 10.6. The van der Waals surface area contributed by atoms with Crippen molar-refractivity contribution in [2.24, 2.45) is 0 Å². The van der Waals surface area contributed by atoms with Crippen molar-refractivity contribution in [3.05, 3.63) is 74.5 Å². The number of nitro groups is 1. The first kappa shape index (κ1) is 15.4. The number of non-ortho nitro benzene ring substituents is 1. The average molecular weight is 309 g/mol. The topological polar surface area (TPSA) is 55.2 Å². The van der Waals surface area contributed by atoms with E-state index in [-0.39, 0.29) is 10.7 Å². The number of rotatable bonds is 6. The smallest absolute Gasteiger partial charge is 0.269 e. The van der Waals surface area contributed by atoms with Crippen LogP contribution in [0.5, 0.6) is 0 Å². The van der Waals surface area contributed by atoms with Crippen LogP contribution in [0.25, 0.3) is 0 Å². The van der Waals surface area contributed by atoms with Gasteiger partial charge in [0.25, 0.3) is 5.69 Å². The summed E-state index contributed by atoms with van der Waals surface area (Å²) in [6.07, 6.45) is 0.727. The lowest BCUT2D eigenvalue weighted by molar-refractivity contribution is -0.384. The van der Waals surface area contributed by atoms with Gasteiger partial charge >= 0.3 is 0 Å². The van der Waals surface area contributed by atoms with Gasteiger partial charge in [-0.25, -0.2) is 4.39 Å². The lowest BCUT2D eigenvalue weighted by atomic mass is 10.1. The standard InChI is InChI=1S/C15H14ClFN2O2/c16-15-12(2-1-3-14(15)17)10-18-9-8-11-4-6-13(7-5-11)19(20)21/h1-7,18H,8-10H2. The van der Waals surface area contributed by atoms with E-state index in [1.807, 2.05) is 0 Å². The molecule has 0 radical (unpaired) electrons. The molecule has 0 aliphatic rings. The van der Waals surface area contributed by atoms with E-state index in [0.29, 0.717) is 18.7 Å². The van der Waals surface area contributed by atoms with Crippen LogP contribution in [0.2, 0.25) is 5.02 Å². The van der Waals surface area contributed by atoms with Crippen LogP contribution in [0.1, 0.15) is 11.1 Å². The van der Waals surface area contributed by atoms with Crippen LogP contribution < -0.4 is 5.32 Å². The quantitative estimate of drug-likeness (QED) is 0.503. The van der Waals surface area contributed by atoms with Crippen molar-refractivity contribution in [1.29, 1.82) is 0 Å². The molecule has 2 aromatic carbocycles. The van der Waals surface area contributed by atoms with Gasteiger partial charge in [0.05, 0.1) is 9.95 Å². The van der Waals surface area contributed by atoms with E-state index in [1.165, 1.54) is 18.2 Å². The fourth-order valence-corrected chi connectivity index (χ4v) is 2.12. The molecule has 0 unspecified atom stereocenters. The summed E-state index contributed by atoms with van der Waals surface area (Å²) in [5, 5.41) is 13.8. The third-order valence-corrected chi connectivity index (χ3v) is 3.51. The minimum Gasteiger partial charge on any atom is -0.312 e. The van der Waals surface area contributed by atoms with Crippen LogP contribution in [0.15, 0.2) is 42.5 Å². The second-order valence-electron chi connectivity index (χ2n) is 4.56. The first-order chi connectivity index (χ1) is 10.1. The Kier molecular flexibility index (Phi) is 5.25. The third-order valence-electron chi connectivity index (χ3n) is 3.08. The van der Waals surface area contributed by atoms with Gasteiger partial charge in [0, 0.05) is 18.7 Å². The van der Waals surface area contributed by atoms with E-state index < -0.39 is 10.7 Å². The molecule has 0 aromatic heterocycles. The third kappa shape index (κ3) is 4.24. The molecular formula is C15H14ClFN2O2. The van der Waals surface area contributed by atoms with Crippen molar-refractivity contribution in [3.63, 3.8) is 0 Å². The summed E-state index contributed by atoms with van der Waals surface area (Å²) < 4.78 is 13.2. The van der Waals surface area contributed by atoms with Crippen LogP contribution in [0.3, 0.4) is 0 Å². The van der Waals surface area contributed by atoms with Gasteiger partial charge in [-0.15, -0.1) is 0 Å². The number of nitrogens with zero attached hydrogens (tertiary/aromatic N) is 1. The Labute approximate surface area is 126 Å². The summed E-state index contributed by atoms with van der Waals surface area (Å²) in [7, 11) is 0. The van der Waals surface area contributed by atoms with E-state index in [4.69, 9.17) is 11.6 Å². The summed E-state index contributed by atoms with van der Waals surface area (Å²) >= 11 is 5.86. The van der Waals surface area contributed by atoms with Gasteiger partial charge in [-0.1, -0.05) is 35.9 Å². The molecule has 0 bridgehead atoms. The predicted octanol–water partition coefficient (Wildman–Crippen LogP) is 3.72. The highest BCUT2D eigenvalue weighted by atomic mass is 35.5. The van der Waals surface area contributed by atoms with E-state index >= 15 is 0 Å². The first-order valence-electron chi connectivity index (χ1n) is 6.45. The van der Waals surface area contributed by atoms with Gasteiger partial charge in [0.15, 0.2) is 0 Å². The van der Waals surface area contributed by atoms with Gasteiger partial charge in [0.1, 0.15) is 5.82 Å². The van der Waals surface area contributed by atoms with Crippen molar-refractivity contribution >= 4 is 17.3 Å². The highest BCUT2D eigenvalue weighted by Gasteiger charge is 2.06. The zero-order valence-electron chi connectivity index (χ0n) is 11.2. The predicted molar refractivity (Wildman–Crippen MR) is 79.9 cm³/mol. The second-order valence-corrected chi connectivity index (χ2v) is 4.94. The van der Waals surface area contributed by atoms with Crippen LogP contribution in [-0.2, 0) is 13.0 Å². The minimum absolute atomic E-state index is 0.0817. The summed E-state index contributed by atoms with van der Waals surface area (Å²) in [6.45, 7) is 1.15. The Morgan fingerprint density at radius 3 is 2.57 bits per heavy atom. The molecule has 0 atom stereocenters. The van der Waals surface area contributed by atoms with Crippen molar-refractivity contribution in [2.75, 3.05) is 6.54 Å². The molecule has 0 saturated heterocycles. The zero-order valence-corrected chi connectivity index (χ0v) is 11.9. The van der Waals surface area contributed by atoms with Gasteiger partial charge in [-0.05, 0) is 30.2 Å². The Hall–Kier alpha value is -1.98. The first-order valence-corrected chi connectivity index (χ1v) is 6.82. The Bertz CT molecular complexity index is 632. The van der Waals surface area contributed by atoms with Crippen LogP contribution in [0.4, 0.5) is 10.1 Å². The molecular weight excluding hydrogens is 295 g/mol. The fourth-order valence-electron chi connectivity index (χ4n) is 1.93. The molecule has 0 fully saturated rings. The Morgan fingerprint density at radius 2 is 1.90 bits per heavy atom. The number of nitro benzene ring substituents is 1. The number of hydrogen-bond donors (Lipinski definition) is 1. The molecule has 0 amide bonds. The molecule has 0 aliphatic heterocycles. The van der Waals surface area contributed by atoms with Crippen molar-refractivity contribution in [2.45, 2.75) is 13.0 Å². The number of benzene rings is 2. The lowest BCUT2D eigenvalue weighted by Crippen LogP contribution is -2.17. The maximum Gasteiger partial charge on any atom is 0.269 e. The lowest BCUT2D eigenvalue weighted by Gasteiger charge is -2.07. The second kappa shape index (κ2) is 7.15. The molecule has 0 spiro atoms. The van der Waals surface area contributed by atoms with Gasteiger partial charge in [0.2, 0.25) is 0 Å². The van der Waals surface area contributed by atoms with Crippen LogP contribution >= 0.6 is 11.6 Å². The molecule has 2 aromatic rings. The SMILES string of the molecule is O=[N+]([O-])c1ccc(CCNCc2cccc(F)c2Cl)cc1. The van der Waals surface area contributed by atoms with Crippen LogP contribution in [0, 0.1) is 15.9 Å². The van der Waals surface area contributed by atoms with Gasteiger partial charge in [-0.3, -0.25) is 10.1 Å². The molecule has 2 rings (SSSR count). The molecule has 0 heterocycles. The van der Waals surface area contributed by atoms with Crippen LogP contribution in [-0.4, -0.2) is 11.5 Å². The maximum absolute atomic E-state index is 13.2. The summed E-state index contributed by atoms with van der Waals surface area (Å²) in [6, 6.07) is 11.1. The number of halogens is 2. The zero-order chi connectivity index (χ0) is 15.2. The number of nitrogens with one attached hydrogen (secondary N) is 1. The van der Waals surface area contributed by atoms with Crippen molar-refractivity contribution < 1.29 is 9.31 Å². The average Bonchev–Trinajstić information content (AvgIpc) is 2.48. The Balaban J connectivity index is 1.82. The monoisotopic (exact) mass is 308 g/mol. The maximum atomic E-state index is 13.2. The Morgan fingerprint density at radius 1 is 1.19 bits per heavy atom. The van der Waals surface area contributed by atoms with E-state index in [0.717, 1.165) is 12.0 Å². The van der Waals surface area contributed by atoms with E-state index in [9.17, 15) is 14.5 Å². The summed E-state index contributed by atoms with van der Waals surface area (Å²) in [4.78, 5) is 10.1. The molecule has 6 heteroatoms. The van der Waals surface area contributed by atoms with Gasteiger partial charge in [-0.2, -0.15) is 0 Å². The highest BCUT2D eigenvalue weighted by molar-refractivity contribution is 6.31.